The number of H-pyrrole nitrogens is 1. The Kier molecular flexibility index (Phi) is 6.02. The van der Waals surface area contributed by atoms with Gasteiger partial charge in [-0.15, -0.1) is 0 Å². The van der Waals surface area contributed by atoms with E-state index in [1.807, 2.05) is 0 Å². The van der Waals surface area contributed by atoms with Crippen LogP contribution in [0.1, 0.15) is 34.6 Å². The van der Waals surface area contributed by atoms with Gasteiger partial charge in [0, 0.05) is 31.7 Å². The molecule has 0 aliphatic carbocycles. The number of nitrogens with zero attached hydrogens (tertiary/aromatic N) is 2. The summed E-state index contributed by atoms with van der Waals surface area (Å²) in [7, 11) is 0. The van der Waals surface area contributed by atoms with Gasteiger partial charge in [-0.25, -0.2) is 4.79 Å². The maximum absolute atomic E-state index is 11.8. The Morgan fingerprint density at radius 2 is 1.81 bits per heavy atom. The molecule has 1 aromatic rings. The molecule has 0 fully saturated rings. The van der Waals surface area contributed by atoms with E-state index >= 15 is 0 Å². The third-order valence-electron chi connectivity index (χ3n) is 3.55. The fraction of sp³-hybridized carbons (Fsp3) is 0.714. The highest BCUT2D eigenvalue weighted by Crippen LogP contribution is 2.10. The lowest BCUT2D eigenvalue weighted by Crippen LogP contribution is -2.41. The minimum atomic E-state index is -0.475. The maximum Gasteiger partial charge on any atom is 0.330 e. The van der Waals surface area contributed by atoms with Gasteiger partial charge in [0.25, 0.3) is 5.56 Å². The van der Waals surface area contributed by atoms with Gasteiger partial charge < -0.3 is 11.1 Å². The van der Waals surface area contributed by atoms with Crippen molar-refractivity contribution in [3.05, 3.63) is 20.8 Å². The average molecular weight is 297 g/mol. The van der Waals surface area contributed by atoms with Crippen molar-refractivity contribution in [3.63, 3.8) is 0 Å². The summed E-state index contributed by atoms with van der Waals surface area (Å²) >= 11 is 0. The van der Waals surface area contributed by atoms with E-state index in [0.29, 0.717) is 25.2 Å². The highest BCUT2D eigenvalue weighted by atomic mass is 16.2. The summed E-state index contributed by atoms with van der Waals surface area (Å²) in [6.45, 7) is 12.2. The molecular formula is C14H27N5O2. The van der Waals surface area contributed by atoms with Crippen LogP contribution in [0.15, 0.2) is 9.59 Å². The summed E-state index contributed by atoms with van der Waals surface area (Å²) in [6, 6.07) is 0.846. The Labute approximate surface area is 125 Å². The Morgan fingerprint density at radius 1 is 1.24 bits per heavy atom. The number of anilines is 2. The molecule has 0 saturated carbocycles. The molecule has 0 aliphatic rings. The van der Waals surface area contributed by atoms with E-state index in [4.69, 9.17) is 5.73 Å². The second-order valence-corrected chi connectivity index (χ2v) is 5.62. The first-order chi connectivity index (χ1) is 9.79. The zero-order valence-electron chi connectivity index (χ0n) is 13.6. The molecule has 120 valence electrons. The van der Waals surface area contributed by atoms with Gasteiger partial charge in [0.05, 0.1) is 0 Å². The molecule has 0 radical (unpaired) electrons. The molecule has 1 aromatic heterocycles. The number of hydrogen-bond acceptors (Lipinski definition) is 5. The van der Waals surface area contributed by atoms with Gasteiger partial charge in [-0.05, 0) is 34.6 Å². The lowest BCUT2D eigenvalue weighted by atomic mass is 10.2. The third kappa shape index (κ3) is 4.10. The van der Waals surface area contributed by atoms with Crippen molar-refractivity contribution in [2.24, 2.45) is 0 Å². The van der Waals surface area contributed by atoms with E-state index in [0.717, 1.165) is 6.54 Å². The van der Waals surface area contributed by atoms with Crippen LogP contribution >= 0.6 is 0 Å². The number of nitrogens with one attached hydrogen (secondary N) is 2. The molecule has 21 heavy (non-hydrogen) atoms. The van der Waals surface area contributed by atoms with Gasteiger partial charge >= 0.3 is 5.69 Å². The Hall–Kier alpha value is -1.76. The van der Waals surface area contributed by atoms with E-state index in [9.17, 15) is 9.59 Å². The highest BCUT2D eigenvalue weighted by molar-refractivity contribution is 5.60. The Bertz CT molecular complexity index is 566. The summed E-state index contributed by atoms with van der Waals surface area (Å²) < 4.78 is 1.34. The summed E-state index contributed by atoms with van der Waals surface area (Å²) in [5, 5.41) is 3.05. The molecule has 0 spiro atoms. The van der Waals surface area contributed by atoms with Gasteiger partial charge in [-0.3, -0.25) is 19.2 Å². The number of rotatable bonds is 7. The summed E-state index contributed by atoms with van der Waals surface area (Å²) in [5.41, 5.74) is 5.22. The van der Waals surface area contributed by atoms with E-state index < -0.39 is 11.2 Å². The van der Waals surface area contributed by atoms with Crippen LogP contribution < -0.4 is 22.3 Å². The van der Waals surface area contributed by atoms with Crippen LogP contribution in [0.4, 0.5) is 11.5 Å². The standard InChI is InChI=1S/C14H27N5O2/c1-6-18-12(15)11(13(20)17-14(18)21)16-7-8-19(9(2)3)10(4)5/h9-10,16H,6-8,15H2,1-5H3,(H,17,20,21). The number of aromatic amines is 1. The number of nitrogens with two attached hydrogens (primary N) is 1. The lowest BCUT2D eigenvalue weighted by Gasteiger charge is -2.30. The van der Waals surface area contributed by atoms with Crippen LogP contribution in [0.3, 0.4) is 0 Å². The van der Waals surface area contributed by atoms with Crippen molar-refractivity contribution in [2.45, 2.75) is 53.2 Å². The van der Waals surface area contributed by atoms with Crippen LogP contribution in [0.5, 0.6) is 0 Å². The van der Waals surface area contributed by atoms with Crippen LogP contribution in [0.2, 0.25) is 0 Å². The molecule has 7 nitrogen and oxygen atoms in total. The summed E-state index contributed by atoms with van der Waals surface area (Å²) in [5.74, 6) is 0.187. The molecular weight excluding hydrogens is 270 g/mol. The monoisotopic (exact) mass is 297 g/mol. The first kappa shape index (κ1) is 17.3. The highest BCUT2D eigenvalue weighted by Gasteiger charge is 2.14. The predicted molar refractivity (Wildman–Crippen MR) is 86.9 cm³/mol. The largest absolute Gasteiger partial charge is 0.383 e. The van der Waals surface area contributed by atoms with Gasteiger partial charge in [0.1, 0.15) is 11.5 Å². The smallest absolute Gasteiger partial charge is 0.330 e. The van der Waals surface area contributed by atoms with Crippen LogP contribution in [-0.4, -0.2) is 39.6 Å². The lowest BCUT2D eigenvalue weighted by molar-refractivity contribution is 0.182. The second kappa shape index (κ2) is 7.31. The Balaban J connectivity index is 2.85. The molecule has 1 rings (SSSR count). The van der Waals surface area contributed by atoms with Gasteiger partial charge in [0.15, 0.2) is 0 Å². The number of nitrogen functional groups attached to an aromatic ring is 1. The second-order valence-electron chi connectivity index (χ2n) is 5.62. The van der Waals surface area contributed by atoms with Crippen molar-refractivity contribution in [1.29, 1.82) is 0 Å². The topological polar surface area (TPSA) is 96.2 Å². The summed E-state index contributed by atoms with van der Waals surface area (Å²) in [6.07, 6.45) is 0. The minimum Gasteiger partial charge on any atom is -0.383 e. The first-order valence-electron chi connectivity index (χ1n) is 7.41. The van der Waals surface area contributed by atoms with Crippen molar-refractivity contribution in [2.75, 3.05) is 24.1 Å². The molecule has 0 aliphatic heterocycles. The molecule has 0 unspecified atom stereocenters. The van der Waals surface area contributed by atoms with E-state index in [-0.39, 0.29) is 11.5 Å². The SMILES string of the molecule is CCn1c(N)c(NCCN(C(C)C)C(C)C)c(=O)[nH]c1=O. The zero-order chi connectivity index (χ0) is 16.2. The van der Waals surface area contributed by atoms with Gasteiger partial charge in [-0.1, -0.05) is 0 Å². The molecule has 1 heterocycles. The molecule has 0 saturated heterocycles. The van der Waals surface area contributed by atoms with Gasteiger partial charge in [-0.2, -0.15) is 0 Å². The zero-order valence-corrected chi connectivity index (χ0v) is 13.6. The van der Waals surface area contributed by atoms with Crippen molar-refractivity contribution >= 4 is 11.5 Å². The number of aromatic nitrogens is 2. The molecule has 0 bridgehead atoms. The van der Waals surface area contributed by atoms with Crippen molar-refractivity contribution in [3.8, 4) is 0 Å². The van der Waals surface area contributed by atoms with E-state index in [2.05, 4.69) is 42.9 Å². The van der Waals surface area contributed by atoms with Crippen LogP contribution in [0.25, 0.3) is 0 Å². The molecule has 0 amide bonds. The quantitative estimate of drug-likeness (QED) is 0.687. The van der Waals surface area contributed by atoms with Crippen molar-refractivity contribution < 1.29 is 0 Å². The van der Waals surface area contributed by atoms with Crippen molar-refractivity contribution in [1.82, 2.24) is 14.5 Å². The third-order valence-corrected chi connectivity index (χ3v) is 3.55. The summed E-state index contributed by atoms with van der Waals surface area (Å²) in [4.78, 5) is 28.0. The molecule has 0 aromatic carbocycles. The van der Waals surface area contributed by atoms with Crippen LogP contribution in [-0.2, 0) is 6.54 Å². The Morgan fingerprint density at radius 3 is 2.29 bits per heavy atom. The average Bonchev–Trinajstić information content (AvgIpc) is 2.36. The normalized spacial score (nSPS) is 11.6. The minimum absolute atomic E-state index is 0.187. The molecule has 7 heteroatoms. The fourth-order valence-corrected chi connectivity index (χ4v) is 2.50. The molecule has 0 atom stereocenters. The van der Waals surface area contributed by atoms with Gasteiger partial charge in [0.2, 0.25) is 0 Å². The van der Waals surface area contributed by atoms with E-state index in [1.54, 1.807) is 6.92 Å². The molecule has 4 N–H and O–H groups in total. The predicted octanol–water partition coefficient (Wildman–Crippen LogP) is 0.669. The first-order valence-corrected chi connectivity index (χ1v) is 7.41. The van der Waals surface area contributed by atoms with Crippen LogP contribution in [0, 0.1) is 0 Å². The van der Waals surface area contributed by atoms with E-state index in [1.165, 1.54) is 4.57 Å². The maximum atomic E-state index is 11.8. The number of hydrogen-bond donors (Lipinski definition) is 3. The fourth-order valence-electron chi connectivity index (χ4n) is 2.50.